The normalized spacial score (nSPS) is 38.6. The summed E-state index contributed by atoms with van der Waals surface area (Å²) in [6, 6.07) is 0. The molecule has 0 spiro atoms. The maximum absolute atomic E-state index is 11.7. The lowest BCUT2D eigenvalue weighted by Gasteiger charge is -2.45. The molecule has 0 saturated heterocycles. The standard InChI is InChI=1S/C20H24O3/c1-12(21)23-19-8-7-18-17-5-3-13-11-14(22)4-6-15(13)16(17)9-10-20(18,19)2/h9-11,17-19H,3-8H2,1-2H3/t17-,18-,19-,20-/m0/s1. The van der Waals surface area contributed by atoms with E-state index in [0.29, 0.717) is 18.3 Å². The zero-order valence-electron chi connectivity index (χ0n) is 13.9. The molecular weight excluding hydrogens is 288 g/mol. The van der Waals surface area contributed by atoms with Crippen LogP contribution in [-0.4, -0.2) is 17.9 Å². The Hall–Kier alpha value is -1.64. The zero-order chi connectivity index (χ0) is 16.2. The minimum atomic E-state index is -0.172. The van der Waals surface area contributed by atoms with E-state index in [1.54, 1.807) is 0 Å². The van der Waals surface area contributed by atoms with E-state index in [0.717, 1.165) is 32.1 Å². The number of ketones is 1. The van der Waals surface area contributed by atoms with Crippen molar-refractivity contribution in [2.45, 2.75) is 58.5 Å². The average molecular weight is 312 g/mol. The molecule has 4 aliphatic carbocycles. The van der Waals surface area contributed by atoms with Crippen molar-refractivity contribution < 1.29 is 14.3 Å². The van der Waals surface area contributed by atoms with Crippen molar-refractivity contribution in [3.05, 3.63) is 34.9 Å². The summed E-state index contributed by atoms with van der Waals surface area (Å²) in [6.07, 6.45) is 12.2. The summed E-state index contributed by atoms with van der Waals surface area (Å²) in [7, 11) is 0. The SMILES string of the molecule is CC(=O)O[C@H]1CC[C@H]2[C@H]3CCC4=CC(=O)CCC4=C3C=C[C@]12C. The summed E-state index contributed by atoms with van der Waals surface area (Å²) >= 11 is 0. The maximum atomic E-state index is 11.7. The highest BCUT2D eigenvalue weighted by Crippen LogP contribution is 2.57. The van der Waals surface area contributed by atoms with Gasteiger partial charge in [-0.05, 0) is 66.7 Å². The summed E-state index contributed by atoms with van der Waals surface area (Å²) in [6.45, 7) is 3.76. The summed E-state index contributed by atoms with van der Waals surface area (Å²) < 4.78 is 5.62. The lowest BCUT2D eigenvalue weighted by atomic mass is 9.60. The van der Waals surface area contributed by atoms with Gasteiger partial charge in [-0.25, -0.2) is 0 Å². The van der Waals surface area contributed by atoms with E-state index in [1.165, 1.54) is 23.6 Å². The van der Waals surface area contributed by atoms with Gasteiger partial charge < -0.3 is 4.74 Å². The molecule has 4 rings (SSSR count). The number of esters is 1. The highest BCUT2D eigenvalue weighted by atomic mass is 16.5. The largest absolute Gasteiger partial charge is 0.462 e. The van der Waals surface area contributed by atoms with Crippen LogP contribution in [0.1, 0.15) is 52.4 Å². The summed E-state index contributed by atoms with van der Waals surface area (Å²) in [5, 5.41) is 0. The third-order valence-corrected chi connectivity index (χ3v) is 6.47. The van der Waals surface area contributed by atoms with Crippen molar-refractivity contribution in [3.8, 4) is 0 Å². The van der Waals surface area contributed by atoms with E-state index in [1.807, 2.05) is 6.08 Å². The maximum Gasteiger partial charge on any atom is 0.302 e. The molecule has 122 valence electrons. The average Bonchev–Trinajstić information content (AvgIpc) is 2.83. The zero-order valence-corrected chi connectivity index (χ0v) is 13.9. The number of carbonyl (C=O) groups excluding carboxylic acids is 2. The van der Waals surface area contributed by atoms with Crippen LogP contribution in [0.25, 0.3) is 0 Å². The van der Waals surface area contributed by atoms with Crippen molar-refractivity contribution in [2.75, 3.05) is 0 Å². The first-order chi connectivity index (χ1) is 11.0. The second kappa shape index (κ2) is 5.19. The molecule has 0 unspecified atom stereocenters. The quantitative estimate of drug-likeness (QED) is 0.690. The van der Waals surface area contributed by atoms with Crippen LogP contribution in [0.5, 0.6) is 0 Å². The van der Waals surface area contributed by atoms with Crippen LogP contribution in [0.15, 0.2) is 34.9 Å². The molecule has 4 aliphatic rings. The molecule has 0 radical (unpaired) electrons. The molecule has 0 aliphatic heterocycles. The molecule has 4 atom stereocenters. The van der Waals surface area contributed by atoms with E-state index in [-0.39, 0.29) is 23.3 Å². The molecule has 0 amide bonds. The molecule has 1 fully saturated rings. The Morgan fingerprint density at radius 3 is 2.83 bits per heavy atom. The van der Waals surface area contributed by atoms with Gasteiger partial charge in [0, 0.05) is 18.8 Å². The Morgan fingerprint density at radius 1 is 1.22 bits per heavy atom. The van der Waals surface area contributed by atoms with Gasteiger partial charge in [0.1, 0.15) is 6.10 Å². The number of fused-ring (bicyclic) bond motifs is 4. The molecule has 0 aromatic rings. The molecule has 0 aromatic heterocycles. The van der Waals surface area contributed by atoms with Crippen molar-refractivity contribution in [1.82, 2.24) is 0 Å². The van der Waals surface area contributed by atoms with Gasteiger partial charge in [0.05, 0.1) is 0 Å². The fraction of sp³-hybridized carbons (Fsp3) is 0.600. The Labute approximate surface area is 137 Å². The van der Waals surface area contributed by atoms with Crippen LogP contribution in [0, 0.1) is 17.3 Å². The highest BCUT2D eigenvalue weighted by molar-refractivity contribution is 5.93. The number of hydrogen-bond donors (Lipinski definition) is 0. The Bertz CT molecular complexity index is 666. The summed E-state index contributed by atoms with van der Waals surface area (Å²) in [4.78, 5) is 23.1. The molecule has 0 aromatic carbocycles. The summed E-state index contributed by atoms with van der Waals surface area (Å²) in [5.74, 6) is 1.22. The van der Waals surface area contributed by atoms with Gasteiger partial charge in [-0.1, -0.05) is 19.1 Å². The fourth-order valence-corrected chi connectivity index (χ4v) is 5.36. The van der Waals surface area contributed by atoms with Gasteiger partial charge in [-0.2, -0.15) is 0 Å². The van der Waals surface area contributed by atoms with Gasteiger partial charge in [-0.3, -0.25) is 9.59 Å². The van der Waals surface area contributed by atoms with Crippen LogP contribution in [0.2, 0.25) is 0 Å². The number of carbonyl (C=O) groups is 2. The molecular formula is C20H24O3. The third kappa shape index (κ3) is 2.24. The van der Waals surface area contributed by atoms with Crippen LogP contribution in [0.3, 0.4) is 0 Å². The molecule has 0 N–H and O–H groups in total. The minimum Gasteiger partial charge on any atom is -0.462 e. The second-order valence-electron chi connectivity index (χ2n) is 7.70. The fourth-order valence-electron chi connectivity index (χ4n) is 5.36. The van der Waals surface area contributed by atoms with Crippen LogP contribution in [0.4, 0.5) is 0 Å². The molecule has 3 heteroatoms. The first-order valence-corrected chi connectivity index (χ1v) is 8.82. The molecule has 1 saturated carbocycles. The topological polar surface area (TPSA) is 43.4 Å². The van der Waals surface area contributed by atoms with Gasteiger partial charge in [-0.15, -0.1) is 0 Å². The van der Waals surface area contributed by atoms with Gasteiger partial charge in [0.25, 0.3) is 0 Å². The lowest BCUT2D eigenvalue weighted by Crippen LogP contribution is -2.40. The summed E-state index contributed by atoms with van der Waals surface area (Å²) in [5.41, 5.74) is 4.12. The van der Waals surface area contributed by atoms with E-state index in [2.05, 4.69) is 19.1 Å². The van der Waals surface area contributed by atoms with Crippen LogP contribution >= 0.6 is 0 Å². The van der Waals surface area contributed by atoms with E-state index < -0.39 is 0 Å². The minimum absolute atomic E-state index is 0.0117. The van der Waals surface area contributed by atoms with E-state index >= 15 is 0 Å². The van der Waals surface area contributed by atoms with Gasteiger partial charge in [0.2, 0.25) is 0 Å². The highest BCUT2D eigenvalue weighted by Gasteiger charge is 2.53. The molecule has 0 bridgehead atoms. The van der Waals surface area contributed by atoms with Crippen molar-refractivity contribution in [1.29, 1.82) is 0 Å². The number of rotatable bonds is 1. The first-order valence-electron chi connectivity index (χ1n) is 8.82. The molecule has 23 heavy (non-hydrogen) atoms. The lowest BCUT2D eigenvalue weighted by molar-refractivity contribution is -0.150. The van der Waals surface area contributed by atoms with Gasteiger partial charge in [0.15, 0.2) is 5.78 Å². The second-order valence-corrected chi connectivity index (χ2v) is 7.70. The molecule has 3 nitrogen and oxygen atoms in total. The van der Waals surface area contributed by atoms with E-state index in [9.17, 15) is 9.59 Å². The Balaban J connectivity index is 1.73. The predicted molar refractivity (Wildman–Crippen MR) is 87.6 cm³/mol. The number of allylic oxidation sites excluding steroid dienone is 5. The molecule has 0 heterocycles. The van der Waals surface area contributed by atoms with E-state index in [4.69, 9.17) is 4.74 Å². The third-order valence-electron chi connectivity index (χ3n) is 6.47. The van der Waals surface area contributed by atoms with Crippen molar-refractivity contribution in [2.24, 2.45) is 17.3 Å². The van der Waals surface area contributed by atoms with Crippen molar-refractivity contribution in [3.63, 3.8) is 0 Å². The Kier molecular flexibility index (Phi) is 3.36. The van der Waals surface area contributed by atoms with Crippen LogP contribution < -0.4 is 0 Å². The van der Waals surface area contributed by atoms with Crippen LogP contribution in [-0.2, 0) is 14.3 Å². The van der Waals surface area contributed by atoms with Gasteiger partial charge >= 0.3 is 5.97 Å². The Morgan fingerprint density at radius 2 is 2.04 bits per heavy atom. The first kappa shape index (κ1) is 14.9. The number of ether oxygens (including phenoxy) is 1. The monoisotopic (exact) mass is 312 g/mol. The van der Waals surface area contributed by atoms with Crippen molar-refractivity contribution >= 4 is 11.8 Å². The number of hydrogen-bond acceptors (Lipinski definition) is 3. The predicted octanol–water partition coefficient (Wildman–Crippen LogP) is 3.90. The smallest absolute Gasteiger partial charge is 0.302 e.